The van der Waals surface area contributed by atoms with Crippen LogP contribution in [0.5, 0.6) is 0 Å². The molecule has 0 N–H and O–H groups in total. The first-order valence-electron chi connectivity index (χ1n) is 3.86. The smallest absolute Gasteiger partial charge is 0.0625 e. The fourth-order valence-corrected chi connectivity index (χ4v) is 1.18. The molecule has 1 nitrogen and oxygen atoms in total. The maximum atomic E-state index is 8.38. The van der Waals surface area contributed by atoms with Crippen LogP contribution in [-0.4, -0.2) is 0 Å². The summed E-state index contributed by atoms with van der Waals surface area (Å²) in [4.78, 5) is 0. The largest absolute Gasteiger partial charge is 0.198 e. The summed E-state index contributed by atoms with van der Waals surface area (Å²) >= 11 is 5.85. The highest BCUT2D eigenvalue weighted by molar-refractivity contribution is 6.31. The lowest BCUT2D eigenvalue weighted by Gasteiger charge is -2.00. The highest BCUT2D eigenvalue weighted by atomic mass is 35.5. The van der Waals surface area contributed by atoms with E-state index < -0.39 is 0 Å². The monoisotopic (exact) mass is 179 g/mol. The average molecular weight is 180 g/mol. The van der Waals surface area contributed by atoms with Crippen LogP contribution in [0.25, 0.3) is 0 Å². The predicted octanol–water partition coefficient (Wildman–Crippen LogP) is 3.10. The molecule has 62 valence electrons. The SMILES string of the molecule is Cc1cc(CCC#N)ccc1Cl. The topological polar surface area (TPSA) is 23.8 Å². The molecule has 0 aliphatic heterocycles. The van der Waals surface area contributed by atoms with Gasteiger partial charge in [-0.2, -0.15) is 5.26 Å². The Morgan fingerprint density at radius 2 is 2.25 bits per heavy atom. The van der Waals surface area contributed by atoms with Gasteiger partial charge in [0.2, 0.25) is 0 Å². The molecule has 0 unspecified atom stereocenters. The lowest BCUT2D eigenvalue weighted by molar-refractivity contribution is 1.01. The van der Waals surface area contributed by atoms with Crippen molar-refractivity contribution >= 4 is 11.6 Å². The van der Waals surface area contributed by atoms with Gasteiger partial charge in [0.15, 0.2) is 0 Å². The molecule has 0 amide bonds. The number of hydrogen-bond acceptors (Lipinski definition) is 1. The minimum Gasteiger partial charge on any atom is -0.198 e. The summed E-state index contributed by atoms with van der Waals surface area (Å²) in [6.07, 6.45) is 1.38. The summed E-state index contributed by atoms with van der Waals surface area (Å²) in [6, 6.07) is 7.99. The standard InChI is InChI=1S/C10H10ClN/c1-8-7-9(3-2-6-12)4-5-10(8)11/h4-5,7H,2-3H2,1H3. The Kier molecular flexibility index (Phi) is 3.13. The summed E-state index contributed by atoms with van der Waals surface area (Å²) in [5.74, 6) is 0. The van der Waals surface area contributed by atoms with Crippen molar-refractivity contribution in [1.82, 2.24) is 0 Å². The van der Waals surface area contributed by atoms with Crippen LogP contribution >= 0.6 is 11.6 Å². The first-order valence-corrected chi connectivity index (χ1v) is 4.24. The van der Waals surface area contributed by atoms with Crippen LogP contribution in [0.3, 0.4) is 0 Å². The normalized spacial score (nSPS) is 9.42. The van der Waals surface area contributed by atoms with Crippen molar-refractivity contribution < 1.29 is 0 Å². The Morgan fingerprint density at radius 1 is 1.50 bits per heavy atom. The second-order valence-electron chi connectivity index (χ2n) is 2.74. The molecule has 2 heteroatoms. The van der Waals surface area contributed by atoms with E-state index in [0.717, 1.165) is 17.0 Å². The second-order valence-corrected chi connectivity index (χ2v) is 3.15. The molecule has 0 heterocycles. The predicted molar refractivity (Wildman–Crippen MR) is 50.1 cm³/mol. The lowest BCUT2D eigenvalue weighted by atomic mass is 10.1. The van der Waals surface area contributed by atoms with Crippen molar-refractivity contribution in [2.75, 3.05) is 0 Å². The number of hydrogen-bond donors (Lipinski definition) is 0. The Bertz CT molecular complexity index is 312. The third kappa shape index (κ3) is 2.25. The van der Waals surface area contributed by atoms with Crippen molar-refractivity contribution in [3.05, 3.63) is 34.3 Å². The van der Waals surface area contributed by atoms with E-state index in [9.17, 15) is 0 Å². The maximum Gasteiger partial charge on any atom is 0.0625 e. The number of aryl methyl sites for hydroxylation is 2. The summed E-state index contributed by atoms with van der Waals surface area (Å²) in [7, 11) is 0. The highest BCUT2D eigenvalue weighted by Gasteiger charge is 1.96. The minimum atomic E-state index is 0.571. The molecule has 0 spiro atoms. The van der Waals surface area contributed by atoms with Crippen LogP contribution in [0.1, 0.15) is 17.5 Å². The number of nitriles is 1. The molecule has 0 aliphatic rings. The van der Waals surface area contributed by atoms with Gasteiger partial charge in [-0.25, -0.2) is 0 Å². The average Bonchev–Trinajstić information content (AvgIpc) is 2.07. The van der Waals surface area contributed by atoms with E-state index in [-0.39, 0.29) is 0 Å². The summed E-state index contributed by atoms with van der Waals surface area (Å²) in [5.41, 5.74) is 2.26. The van der Waals surface area contributed by atoms with E-state index in [0.29, 0.717) is 6.42 Å². The first kappa shape index (κ1) is 9.09. The second kappa shape index (κ2) is 4.13. The quantitative estimate of drug-likeness (QED) is 0.685. The maximum absolute atomic E-state index is 8.38. The van der Waals surface area contributed by atoms with Crippen molar-refractivity contribution in [3.8, 4) is 6.07 Å². The van der Waals surface area contributed by atoms with Gasteiger partial charge in [-0.3, -0.25) is 0 Å². The van der Waals surface area contributed by atoms with E-state index in [1.807, 2.05) is 25.1 Å². The van der Waals surface area contributed by atoms with E-state index in [2.05, 4.69) is 6.07 Å². The molecule has 0 bridgehead atoms. The molecule has 0 saturated heterocycles. The van der Waals surface area contributed by atoms with Gasteiger partial charge in [0.1, 0.15) is 0 Å². The van der Waals surface area contributed by atoms with Gasteiger partial charge < -0.3 is 0 Å². The van der Waals surface area contributed by atoms with Gasteiger partial charge in [0.25, 0.3) is 0 Å². The molecule has 0 radical (unpaired) electrons. The van der Waals surface area contributed by atoms with E-state index >= 15 is 0 Å². The zero-order valence-corrected chi connectivity index (χ0v) is 7.73. The van der Waals surface area contributed by atoms with Gasteiger partial charge in [0.05, 0.1) is 6.07 Å². The Balaban J connectivity index is 2.77. The van der Waals surface area contributed by atoms with Crippen LogP contribution < -0.4 is 0 Å². The lowest BCUT2D eigenvalue weighted by Crippen LogP contribution is -1.85. The van der Waals surface area contributed by atoms with Crippen molar-refractivity contribution in [2.24, 2.45) is 0 Å². The molecule has 0 aromatic heterocycles. The molecule has 0 fully saturated rings. The van der Waals surface area contributed by atoms with Gasteiger partial charge in [0, 0.05) is 11.4 Å². The number of rotatable bonds is 2. The molecule has 1 aromatic carbocycles. The van der Waals surface area contributed by atoms with Gasteiger partial charge in [-0.1, -0.05) is 23.7 Å². The van der Waals surface area contributed by atoms with E-state index in [4.69, 9.17) is 16.9 Å². The molecule has 0 aliphatic carbocycles. The van der Waals surface area contributed by atoms with Crippen LogP contribution in [-0.2, 0) is 6.42 Å². The molecule has 12 heavy (non-hydrogen) atoms. The van der Waals surface area contributed by atoms with Crippen molar-refractivity contribution in [3.63, 3.8) is 0 Å². The summed E-state index contributed by atoms with van der Waals surface area (Å²) in [5, 5.41) is 9.16. The van der Waals surface area contributed by atoms with Crippen LogP contribution in [0.2, 0.25) is 5.02 Å². The van der Waals surface area contributed by atoms with Crippen molar-refractivity contribution in [1.29, 1.82) is 5.26 Å². The molecule has 1 aromatic rings. The first-order chi connectivity index (χ1) is 5.74. The zero-order chi connectivity index (χ0) is 8.97. The third-order valence-corrected chi connectivity index (χ3v) is 2.17. The zero-order valence-electron chi connectivity index (χ0n) is 6.97. The Labute approximate surface area is 77.6 Å². The fourth-order valence-electron chi connectivity index (χ4n) is 1.06. The third-order valence-electron chi connectivity index (χ3n) is 1.75. The molecule has 0 saturated carbocycles. The summed E-state index contributed by atoms with van der Waals surface area (Å²) in [6.45, 7) is 1.97. The fraction of sp³-hybridized carbons (Fsp3) is 0.300. The molecular formula is C10H10ClN. The highest BCUT2D eigenvalue weighted by Crippen LogP contribution is 2.16. The van der Waals surface area contributed by atoms with Gasteiger partial charge >= 0.3 is 0 Å². The Hall–Kier alpha value is -1.000. The van der Waals surface area contributed by atoms with E-state index in [1.54, 1.807) is 0 Å². The van der Waals surface area contributed by atoms with Crippen LogP contribution in [0.15, 0.2) is 18.2 Å². The summed E-state index contributed by atoms with van der Waals surface area (Å²) < 4.78 is 0. The van der Waals surface area contributed by atoms with E-state index in [1.165, 1.54) is 5.56 Å². The van der Waals surface area contributed by atoms with Crippen LogP contribution in [0.4, 0.5) is 0 Å². The van der Waals surface area contributed by atoms with Crippen LogP contribution in [0, 0.1) is 18.3 Å². The van der Waals surface area contributed by atoms with Gasteiger partial charge in [-0.05, 0) is 30.5 Å². The van der Waals surface area contributed by atoms with Gasteiger partial charge in [-0.15, -0.1) is 0 Å². The number of benzene rings is 1. The Morgan fingerprint density at radius 3 is 2.83 bits per heavy atom. The molecular weight excluding hydrogens is 170 g/mol. The number of nitrogens with zero attached hydrogens (tertiary/aromatic N) is 1. The minimum absolute atomic E-state index is 0.571. The molecule has 1 rings (SSSR count). The number of halogens is 1. The molecule has 0 atom stereocenters. The van der Waals surface area contributed by atoms with Crippen molar-refractivity contribution in [2.45, 2.75) is 19.8 Å².